The number of aromatic carboxylic acids is 1. The molecule has 3 rings (SSSR count). The van der Waals surface area contributed by atoms with E-state index in [1.54, 1.807) is 13.0 Å². The van der Waals surface area contributed by atoms with Crippen molar-refractivity contribution in [1.29, 1.82) is 0 Å². The third-order valence-electron chi connectivity index (χ3n) is 3.65. The molecule has 1 N–H and O–H groups in total. The number of hydrogen-bond donors (Lipinski definition) is 1. The molecule has 5 nitrogen and oxygen atoms in total. The summed E-state index contributed by atoms with van der Waals surface area (Å²) in [5, 5.41) is 8.84. The lowest BCUT2D eigenvalue weighted by atomic mass is 10.0. The number of rotatable bonds is 4. The highest BCUT2D eigenvalue weighted by Gasteiger charge is 2.21. The maximum atomic E-state index is 11.4. The molecule has 2 heterocycles. The fraction of sp³-hybridized carbons (Fsp3) is 0.250. The molecule has 0 radical (unpaired) electrons. The van der Waals surface area contributed by atoms with Gasteiger partial charge in [0.2, 0.25) is 5.76 Å². The summed E-state index contributed by atoms with van der Waals surface area (Å²) in [4.78, 5) is 24.3. The molecule has 21 heavy (non-hydrogen) atoms. The standard InChI is InChI=1S/C16H15NO4/c1-10(18)11-2-3-12-7-17(8-13(12)6-11)9-14-4-5-15(21-14)16(19)20/h2-6H,7-9H2,1H3,(H,19,20). The van der Waals surface area contributed by atoms with Gasteiger partial charge in [0.25, 0.3) is 0 Å². The van der Waals surface area contributed by atoms with Crippen LogP contribution < -0.4 is 0 Å². The number of Topliss-reactive ketones (excluding diaryl/α,β-unsaturated/α-hetero) is 1. The second-order valence-electron chi connectivity index (χ2n) is 5.26. The van der Waals surface area contributed by atoms with Gasteiger partial charge in [0.05, 0.1) is 6.54 Å². The number of ketones is 1. The van der Waals surface area contributed by atoms with Gasteiger partial charge in [-0.15, -0.1) is 0 Å². The summed E-state index contributed by atoms with van der Waals surface area (Å²) in [6, 6.07) is 8.92. The SMILES string of the molecule is CC(=O)c1ccc2c(c1)CN(Cc1ccc(C(=O)O)o1)C2. The third-order valence-corrected chi connectivity index (χ3v) is 3.65. The quantitative estimate of drug-likeness (QED) is 0.874. The molecule has 0 amide bonds. The van der Waals surface area contributed by atoms with Crippen LogP contribution in [0.4, 0.5) is 0 Å². The van der Waals surface area contributed by atoms with Crippen LogP contribution in [0, 0.1) is 0 Å². The van der Waals surface area contributed by atoms with E-state index in [0.29, 0.717) is 12.3 Å². The fourth-order valence-corrected chi connectivity index (χ4v) is 2.59. The number of carbonyl (C=O) groups is 2. The van der Waals surface area contributed by atoms with Crippen molar-refractivity contribution in [2.45, 2.75) is 26.6 Å². The van der Waals surface area contributed by atoms with Gasteiger partial charge >= 0.3 is 5.97 Å². The molecule has 0 fully saturated rings. The molecule has 0 aliphatic carbocycles. The van der Waals surface area contributed by atoms with Gasteiger partial charge in [0, 0.05) is 18.7 Å². The first kappa shape index (κ1) is 13.6. The monoisotopic (exact) mass is 285 g/mol. The van der Waals surface area contributed by atoms with Gasteiger partial charge in [-0.25, -0.2) is 4.79 Å². The van der Waals surface area contributed by atoms with Crippen LogP contribution in [0.15, 0.2) is 34.7 Å². The lowest BCUT2D eigenvalue weighted by Crippen LogP contribution is -2.15. The Kier molecular flexibility index (Phi) is 3.35. The van der Waals surface area contributed by atoms with Crippen LogP contribution in [0.3, 0.4) is 0 Å². The van der Waals surface area contributed by atoms with E-state index in [0.717, 1.165) is 24.2 Å². The first-order chi connectivity index (χ1) is 10.0. The molecule has 1 aliphatic rings. The van der Waals surface area contributed by atoms with Gasteiger partial charge in [-0.3, -0.25) is 9.69 Å². The zero-order valence-electron chi connectivity index (χ0n) is 11.6. The van der Waals surface area contributed by atoms with E-state index in [-0.39, 0.29) is 11.5 Å². The Morgan fingerprint density at radius 2 is 1.95 bits per heavy atom. The summed E-state index contributed by atoms with van der Waals surface area (Å²) >= 11 is 0. The van der Waals surface area contributed by atoms with Crippen LogP contribution in [0.5, 0.6) is 0 Å². The van der Waals surface area contributed by atoms with Crippen molar-refractivity contribution in [2.24, 2.45) is 0 Å². The van der Waals surface area contributed by atoms with E-state index in [1.165, 1.54) is 11.6 Å². The number of carboxylic acids is 1. The molecule has 5 heteroatoms. The van der Waals surface area contributed by atoms with Crippen LogP contribution in [0.2, 0.25) is 0 Å². The van der Waals surface area contributed by atoms with Gasteiger partial charge < -0.3 is 9.52 Å². The van der Waals surface area contributed by atoms with E-state index < -0.39 is 5.97 Å². The minimum atomic E-state index is -1.06. The Balaban J connectivity index is 1.72. The fourth-order valence-electron chi connectivity index (χ4n) is 2.59. The molecular weight excluding hydrogens is 270 g/mol. The largest absolute Gasteiger partial charge is 0.475 e. The van der Waals surface area contributed by atoms with Crippen LogP contribution in [0.1, 0.15) is 44.7 Å². The van der Waals surface area contributed by atoms with Crippen LogP contribution >= 0.6 is 0 Å². The molecular formula is C16H15NO4. The maximum absolute atomic E-state index is 11.4. The Morgan fingerprint density at radius 1 is 1.19 bits per heavy atom. The van der Waals surface area contributed by atoms with Gasteiger partial charge in [0.1, 0.15) is 5.76 Å². The highest BCUT2D eigenvalue weighted by molar-refractivity contribution is 5.94. The predicted molar refractivity (Wildman–Crippen MR) is 75.1 cm³/mol. The van der Waals surface area contributed by atoms with Crippen LogP contribution in [-0.2, 0) is 19.6 Å². The molecule has 0 unspecified atom stereocenters. The van der Waals surface area contributed by atoms with Crippen molar-refractivity contribution >= 4 is 11.8 Å². The number of hydrogen-bond acceptors (Lipinski definition) is 4. The van der Waals surface area contributed by atoms with Crippen LogP contribution in [-0.4, -0.2) is 21.8 Å². The first-order valence-electron chi connectivity index (χ1n) is 6.70. The van der Waals surface area contributed by atoms with Crippen molar-refractivity contribution in [1.82, 2.24) is 4.90 Å². The van der Waals surface area contributed by atoms with Crippen LogP contribution in [0.25, 0.3) is 0 Å². The molecule has 0 saturated carbocycles. The van der Waals surface area contributed by atoms with Gasteiger partial charge in [-0.2, -0.15) is 0 Å². The topological polar surface area (TPSA) is 70.8 Å². The molecule has 1 aromatic heterocycles. The van der Waals surface area contributed by atoms with E-state index in [9.17, 15) is 9.59 Å². The zero-order chi connectivity index (χ0) is 15.0. The molecule has 0 saturated heterocycles. The smallest absolute Gasteiger partial charge is 0.371 e. The summed E-state index contributed by atoms with van der Waals surface area (Å²) in [7, 11) is 0. The Morgan fingerprint density at radius 3 is 2.62 bits per heavy atom. The minimum Gasteiger partial charge on any atom is -0.475 e. The van der Waals surface area contributed by atoms with Crippen molar-refractivity contribution < 1.29 is 19.1 Å². The van der Waals surface area contributed by atoms with E-state index in [4.69, 9.17) is 9.52 Å². The Labute approximate surface area is 121 Å². The number of carbonyl (C=O) groups excluding carboxylic acids is 1. The van der Waals surface area contributed by atoms with E-state index >= 15 is 0 Å². The average molecular weight is 285 g/mol. The average Bonchev–Trinajstić information content (AvgIpc) is 3.03. The second kappa shape index (κ2) is 5.18. The summed E-state index contributed by atoms with van der Waals surface area (Å²) in [5.74, 6) is -0.405. The second-order valence-corrected chi connectivity index (χ2v) is 5.26. The molecule has 0 atom stereocenters. The van der Waals surface area contributed by atoms with Crippen molar-refractivity contribution in [3.63, 3.8) is 0 Å². The summed E-state index contributed by atoms with van der Waals surface area (Å²) in [6.45, 7) is 3.62. The normalized spacial score (nSPS) is 14.1. The summed E-state index contributed by atoms with van der Waals surface area (Å²) < 4.78 is 5.27. The predicted octanol–water partition coefficient (Wildman–Crippen LogP) is 2.70. The highest BCUT2D eigenvalue weighted by Crippen LogP contribution is 2.26. The van der Waals surface area contributed by atoms with Crippen molar-refractivity contribution in [3.8, 4) is 0 Å². The summed E-state index contributed by atoms with van der Waals surface area (Å²) in [6.07, 6.45) is 0. The molecule has 1 aromatic carbocycles. The molecule has 1 aliphatic heterocycles. The minimum absolute atomic E-state index is 0.0411. The number of fused-ring (bicyclic) bond motifs is 1. The molecule has 108 valence electrons. The van der Waals surface area contributed by atoms with E-state index in [1.807, 2.05) is 18.2 Å². The Hall–Kier alpha value is -2.40. The third kappa shape index (κ3) is 2.73. The number of benzene rings is 1. The highest BCUT2D eigenvalue weighted by atomic mass is 16.4. The van der Waals surface area contributed by atoms with Crippen molar-refractivity contribution in [2.75, 3.05) is 0 Å². The molecule has 0 spiro atoms. The van der Waals surface area contributed by atoms with Gasteiger partial charge in [-0.1, -0.05) is 12.1 Å². The lowest BCUT2D eigenvalue weighted by molar-refractivity contribution is 0.0658. The van der Waals surface area contributed by atoms with Gasteiger partial charge in [0.15, 0.2) is 5.78 Å². The number of carboxylic acid groups (broad SMARTS) is 1. The zero-order valence-corrected chi connectivity index (χ0v) is 11.6. The molecule has 0 bridgehead atoms. The number of furan rings is 1. The van der Waals surface area contributed by atoms with Gasteiger partial charge in [-0.05, 0) is 36.2 Å². The Bertz CT molecular complexity index is 715. The lowest BCUT2D eigenvalue weighted by Gasteiger charge is -2.12. The molecule has 2 aromatic rings. The first-order valence-corrected chi connectivity index (χ1v) is 6.70. The maximum Gasteiger partial charge on any atom is 0.371 e. The number of nitrogens with zero attached hydrogens (tertiary/aromatic N) is 1. The van der Waals surface area contributed by atoms with Crippen molar-refractivity contribution in [3.05, 3.63) is 58.5 Å². The van der Waals surface area contributed by atoms with E-state index in [2.05, 4.69) is 4.90 Å². The summed E-state index contributed by atoms with van der Waals surface area (Å²) in [5.41, 5.74) is 3.07.